The highest BCUT2D eigenvalue weighted by Crippen LogP contribution is 2.26. The highest BCUT2D eigenvalue weighted by Gasteiger charge is 2.19. The zero-order valence-electron chi connectivity index (χ0n) is 19.0. The monoisotopic (exact) mass is 487 g/mol. The van der Waals surface area contributed by atoms with Crippen LogP contribution in [0.25, 0.3) is 22.4 Å². The summed E-state index contributed by atoms with van der Waals surface area (Å²) in [5.41, 5.74) is 1.62. The van der Waals surface area contributed by atoms with Crippen LogP contribution >= 0.6 is 11.8 Å². The molecule has 0 unspecified atom stereocenters. The predicted molar refractivity (Wildman–Crippen MR) is 135 cm³/mol. The minimum absolute atomic E-state index is 0.0887. The molecule has 0 atom stereocenters. The predicted octanol–water partition coefficient (Wildman–Crippen LogP) is 3.78. The standard InChI is InChI=1S/C25H21N5O4S/c1-33-17-9-7-8-16(14-17)29-23(32)18-10-3-5-12-20(18)30-24(29)27-28-25(30)35-15-22(31)26-19-11-4-6-13-21(19)34-2/h3-14H,15H2,1-2H3,(H,26,31). The minimum Gasteiger partial charge on any atom is -0.497 e. The fourth-order valence-corrected chi connectivity index (χ4v) is 4.56. The SMILES string of the molecule is COc1cccc(-n2c(=O)c3ccccc3n3c(SCC(=O)Nc4ccccc4OC)nnc23)c1. The van der Waals surface area contributed by atoms with Gasteiger partial charge in [-0.15, -0.1) is 10.2 Å². The van der Waals surface area contributed by atoms with Crippen molar-refractivity contribution in [3.8, 4) is 17.2 Å². The molecule has 35 heavy (non-hydrogen) atoms. The Labute approximate surface area is 204 Å². The average molecular weight is 488 g/mol. The van der Waals surface area contributed by atoms with Gasteiger partial charge in [0, 0.05) is 6.07 Å². The van der Waals surface area contributed by atoms with Gasteiger partial charge in [-0.05, 0) is 36.4 Å². The van der Waals surface area contributed by atoms with Crippen LogP contribution in [0.5, 0.6) is 11.5 Å². The summed E-state index contributed by atoms with van der Waals surface area (Å²) in [6, 6.07) is 21.6. The van der Waals surface area contributed by atoms with Gasteiger partial charge in [0.25, 0.3) is 5.56 Å². The summed E-state index contributed by atoms with van der Waals surface area (Å²) >= 11 is 1.23. The highest BCUT2D eigenvalue weighted by molar-refractivity contribution is 7.99. The van der Waals surface area contributed by atoms with Gasteiger partial charge in [-0.25, -0.2) is 4.57 Å². The number of thioether (sulfide) groups is 1. The highest BCUT2D eigenvalue weighted by atomic mass is 32.2. The number of nitrogens with zero attached hydrogens (tertiary/aromatic N) is 4. The van der Waals surface area contributed by atoms with E-state index in [2.05, 4.69) is 15.5 Å². The van der Waals surface area contributed by atoms with Crippen molar-refractivity contribution in [2.45, 2.75) is 5.16 Å². The number of nitrogens with one attached hydrogen (secondary N) is 1. The molecule has 0 aliphatic carbocycles. The molecule has 0 aliphatic heterocycles. The van der Waals surface area contributed by atoms with E-state index < -0.39 is 0 Å². The lowest BCUT2D eigenvalue weighted by molar-refractivity contribution is -0.113. The fraction of sp³-hybridized carbons (Fsp3) is 0.120. The number of ether oxygens (including phenoxy) is 2. The molecule has 5 aromatic rings. The third-order valence-electron chi connectivity index (χ3n) is 5.42. The van der Waals surface area contributed by atoms with Gasteiger partial charge < -0.3 is 14.8 Å². The summed E-state index contributed by atoms with van der Waals surface area (Å²) < 4.78 is 13.9. The van der Waals surface area contributed by atoms with E-state index in [1.165, 1.54) is 16.3 Å². The molecule has 9 nitrogen and oxygen atoms in total. The second-order valence-electron chi connectivity index (χ2n) is 7.51. The Kier molecular flexibility index (Phi) is 6.11. The first-order valence-electron chi connectivity index (χ1n) is 10.7. The molecule has 0 saturated heterocycles. The zero-order chi connectivity index (χ0) is 24.4. The molecule has 0 saturated carbocycles. The second kappa shape index (κ2) is 9.51. The lowest BCUT2D eigenvalue weighted by Crippen LogP contribution is -2.22. The van der Waals surface area contributed by atoms with E-state index in [4.69, 9.17) is 9.47 Å². The van der Waals surface area contributed by atoms with Crippen molar-refractivity contribution in [2.75, 3.05) is 25.3 Å². The number of aromatic nitrogens is 4. The van der Waals surface area contributed by atoms with Gasteiger partial charge in [0.15, 0.2) is 5.16 Å². The molecule has 1 N–H and O–H groups in total. The van der Waals surface area contributed by atoms with E-state index >= 15 is 0 Å². The number of rotatable bonds is 7. The minimum atomic E-state index is -0.223. The van der Waals surface area contributed by atoms with Crippen LogP contribution in [-0.4, -0.2) is 45.0 Å². The van der Waals surface area contributed by atoms with E-state index in [1.807, 2.05) is 30.3 Å². The molecule has 176 valence electrons. The largest absolute Gasteiger partial charge is 0.497 e. The molecule has 0 spiro atoms. The Morgan fingerprint density at radius 2 is 1.77 bits per heavy atom. The molecule has 3 aromatic carbocycles. The summed E-state index contributed by atoms with van der Waals surface area (Å²) in [6.07, 6.45) is 0. The van der Waals surface area contributed by atoms with E-state index in [0.29, 0.717) is 44.7 Å². The van der Waals surface area contributed by atoms with Crippen molar-refractivity contribution in [1.82, 2.24) is 19.2 Å². The van der Waals surface area contributed by atoms with Crippen LogP contribution in [0, 0.1) is 0 Å². The molecule has 10 heteroatoms. The molecule has 0 aliphatic rings. The maximum absolute atomic E-state index is 13.4. The third-order valence-corrected chi connectivity index (χ3v) is 6.35. The van der Waals surface area contributed by atoms with Crippen LogP contribution in [0.1, 0.15) is 0 Å². The van der Waals surface area contributed by atoms with Crippen molar-refractivity contribution in [2.24, 2.45) is 0 Å². The summed E-state index contributed by atoms with van der Waals surface area (Å²) in [7, 11) is 3.12. The van der Waals surface area contributed by atoms with Crippen LogP contribution in [0.3, 0.4) is 0 Å². The molecular formula is C25H21N5O4S. The second-order valence-corrected chi connectivity index (χ2v) is 8.46. The number of para-hydroxylation sites is 3. The van der Waals surface area contributed by atoms with Gasteiger partial charge in [0.05, 0.1) is 42.3 Å². The number of anilines is 1. The summed E-state index contributed by atoms with van der Waals surface area (Å²) in [6.45, 7) is 0. The van der Waals surface area contributed by atoms with Gasteiger partial charge in [-0.2, -0.15) is 0 Å². The average Bonchev–Trinajstić information content (AvgIpc) is 3.32. The van der Waals surface area contributed by atoms with Gasteiger partial charge in [-0.3, -0.25) is 14.0 Å². The van der Waals surface area contributed by atoms with Gasteiger partial charge >= 0.3 is 0 Å². The van der Waals surface area contributed by atoms with Crippen LogP contribution in [-0.2, 0) is 4.79 Å². The van der Waals surface area contributed by atoms with Gasteiger partial charge in [0.2, 0.25) is 11.7 Å². The Balaban J connectivity index is 1.55. The maximum atomic E-state index is 13.4. The molecule has 2 aromatic heterocycles. The Morgan fingerprint density at radius 1 is 0.971 bits per heavy atom. The van der Waals surface area contributed by atoms with E-state index in [1.54, 1.807) is 61.1 Å². The van der Waals surface area contributed by atoms with Crippen molar-refractivity contribution in [3.05, 3.63) is 83.2 Å². The number of hydrogen-bond acceptors (Lipinski definition) is 7. The van der Waals surface area contributed by atoms with Crippen molar-refractivity contribution >= 4 is 40.0 Å². The molecule has 5 rings (SSSR count). The Bertz CT molecular complexity index is 1610. The number of benzene rings is 3. The van der Waals surface area contributed by atoms with Crippen molar-refractivity contribution < 1.29 is 14.3 Å². The molecule has 1 amide bonds. The fourth-order valence-electron chi connectivity index (χ4n) is 3.82. The number of amides is 1. The lowest BCUT2D eigenvalue weighted by Gasteiger charge is -2.12. The number of carbonyl (C=O) groups excluding carboxylic acids is 1. The molecule has 0 fully saturated rings. The molecule has 2 heterocycles. The van der Waals surface area contributed by atoms with Crippen LogP contribution in [0.2, 0.25) is 0 Å². The normalized spacial score (nSPS) is 11.0. The summed E-state index contributed by atoms with van der Waals surface area (Å²) in [4.78, 5) is 26.1. The maximum Gasteiger partial charge on any atom is 0.267 e. The van der Waals surface area contributed by atoms with E-state index in [-0.39, 0.29) is 17.2 Å². The third kappa shape index (κ3) is 4.19. The Morgan fingerprint density at radius 3 is 2.60 bits per heavy atom. The van der Waals surface area contributed by atoms with Crippen molar-refractivity contribution in [1.29, 1.82) is 0 Å². The molecule has 0 bridgehead atoms. The first-order chi connectivity index (χ1) is 17.1. The van der Waals surface area contributed by atoms with Crippen LogP contribution in [0.4, 0.5) is 5.69 Å². The van der Waals surface area contributed by atoms with Gasteiger partial charge in [-0.1, -0.05) is 42.1 Å². The summed E-state index contributed by atoms with van der Waals surface area (Å²) in [5, 5.41) is 12.5. The van der Waals surface area contributed by atoms with Crippen LogP contribution in [0.15, 0.2) is 82.7 Å². The zero-order valence-corrected chi connectivity index (χ0v) is 19.8. The number of fused-ring (bicyclic) bond motifs is 3. The first-order valence-corrected chi connectivity index (χ1v) is 11.7. The van der Waals surface area contributed by atoms with E-state index in [0.717, 1.165) is 0 Å². The van der Waals surface area contributed by atoms with Crippen molar-refractivity contribution in [3.63, 3.8) is 0 Å². The summed E-state index contributed by atoms with van der Waals surface area (Å²) in [5.74, 6) is 1.40. The Hall–Kier alpha value is -4.31. The topological polar surface area (TPSA) is 99.8 Å². The molecule has 0 radical (unpaired) electrons. The quantitative estimate of drug-likeness (QED) is 0.349. The van der Waals surface area contributed by atoms with E-state index in [9.17, 15) is 9.59 Å². The smallest absolute Gasteiger partial charge is 0.267 e. The lowest BCUT2D eigenvalue weighted by atomic mass is 10.2. The number of methoxy groups -OCH3 is 2. The number of carbonyl (C=O) groups is 1. The first kappa shape index (κ1) is 22.5. The molecular weight excluding hydrogens is 466 g/mol. The van der Waals surface area contributed by atoms with Crippen LogP contribution < -0.4 is 20.3 Å². The van der Waals surface area contributed by atoms with Gasteiger partial charge in [0.1, 0.15) is 11.5 Å². The number of hydrogen-bond donors (Lipinski definition) is 1.